The summed E-state index contributed by atoms with van der Waals surface area (Å²) in [6.07, 6.45) is 4.41. The smallest absolute Gasteiger partial charge is 0.269 e. The summed E-state index contributed by atoms with van der Waals surface area (Å²) in [5, 5.41) is 4.09. The van der Waals surface area contributed by atoms with E-state index in [4.69, 9.17) is 0 Å². The summed E-state index contributed by atoms with van der Waals surface area (Å²) in [7, 11) is 0. The molecule has 2 N–H and O–H groups in total. The predicted octanol–water partition coefficient (Wildman–Crippen LogP) is 2.54. The zero-order chi connectivity index (χ0) is 13.8. The molecule has 0 spiro atoms. The number of hydrogen-bond acceptors (Lipinski definition) is 2. The Balaban J connectivity index is 1.62. The van der Waals surface area contributed by atoms with Gasteiger partial charge in [-0.25, -0.2) is 0 Å². The fraction of sp³-hybridized carbons (Fsp3) is 0.125. The Bertz CT molecular complexity index is 719. The van der Waals surface area contributed by atoms with Gasteiger partial charge >= 0.3 is 0 Å². The second kappa shape index (κ2) is 5.57. The Morgan fingerprint density at radius 1 is 1.15 bits per heavy atom. The molecule has 0 saturated heterocycles. The highest BCUT2D eigenvalue weighted by Crippen LogP contribution is 2.17. The molecule has 0 aliphatic rings. The molecular weight excluding hydrogens is 250 g/mol. The lowest BCUT2D eigenvalue weighted by atomic mass is 10.1. The van der Waals surface area contributed by atoms with E-state index in [2.05, 4.69) is 21.4 Å². The molecule has 4 nitrogen and oxygen atoms in total. The molecule has 0 saturated carbocycles. The van der Waals surface area contributed by atoms with Crippen molar-refractivity contribution >= 4 is 16.8 Å². The van der Waals surface area contributed by atoms with E-state index in [1.165, 1.54) is 10.9 Å². The lowest BCUT2D eigenvalue weighted by Gasteiger charge is -2.04. The topological polar surface area (TPSA) is 57.8 Å². The molecular formula is C16H15N3O. The molecule has 0 atom stereocenters. The van der Waals surface area contributed by atoms with E-state index >= 15 is 0 Å². The molecule has 0 unspecified atom stereocenters. The van der Waals surface area contributed by atoms with E-state index in [9.17, 15) is 4.79 Å². The number of nitrogens with zero attached hydrogens (tertiary/aromatic N) is 1. The lowest BCUT2D eigenvalue weighted by Crippen LogP contribution is -2.26. The van der Waals surface area contributed by atoms with Crippen LogP contribution in [0.15, 0.2) is 54.9 Å². The average molecular weight is 265 g/mol. The van der Waals surface area contributed by atoms with Crippen molar-refractivity contribution in [2.75, 3.05) is 6.54 Å². The van der Waals surface area contributed by atoms with Crippen molar-refractivity contribution in [1.82, 2.24) is 15.3 Å². The molecule has 3 rings (SSSR count). The molecule has 100 valence electrons. The van der Waals surface area contributed by atoms with Gasteiger partial charge in [0.15, 0.2) is 0 Å². The van der Waals surface area contributed by atoms with E-state index in [0.29, 0.717) is 12.2 Å². The van der Waals surface area contributed by atoms with Gasteiger partial charge in [0.2, 0.25) is 0 Å². The van der Waals surface area contributed by atoms with Gasteiger partial charge in [-0.2, -0.15) is 0 Å². The molecule has 1 amide bonds. The van der Waals surface area contributed by atoms with Crippen molar-refractivity contribution in [1.29, 1.82) is 0 Å². The fourth-order valence-electron chi connectivity index (χ4n) is 2.24. The summed E-state index contributed by atoms with van der Waals surface area (Å²) in [6.45, 7) is 0.594. The number of nitrogens with one attached hydrogen (secondary N) is 2. The zero-order valence-electron chi connectivity index (χ0n) is 11.0. The number of aromatic amines is 1. The normalized spacial score (nSPS) is 10.6. The van der Waals surface area contributed by atoms with Crippen LogP contribution in [0.3, 0.4) is 0 Å². The van der Waals surface area contributed by atoms with Crippen LogP contribution in [0.25, 0.3) is 10.9 Å². The first kappa shape index (κ1) is 12.4. The maximum absolute atomic E-state index is 11.9. The van der Waals surface area contributed by atoms with Crippen molar-refractivity contribution in [3.8, 4) is 0 Å². The van der Waals surface area contributed by atoms with Crippen LogP contribution in [-0.2, 0) is 6.42 Å². The minimum atomic E-state index is -0.134. The number of pyridine rings is 1. The van der Waals surface area contributed by atoms with Crippen LogP contribution < -0.4 is 5.32 Å². The number of hydrogen-bond donors (Lipinski definition) is 2. The standard InChI is InChI=1S/C16H15N3O/c20-16(15-7-3-4-9-17-15)18-10-8-12-11-19-14-6-2-1-5-13(12)14/h1-7,9,11,19H,8,10H2,(H,18,20). The maximum atomic E-state index is 11.9. The maximum Gasteiger partial charge on any atom is 0.269 e. The quantitative estimate of drug-likeness (QED) is 0.761. The van der Waals surface area contributed by atoms with Crippen LogP contribution in [0.1, 0.15) is 16.1 Å². The molecule has 4 heteroatoms. The largest absolute Gasteiger partial charge is 0.361 e. The molecule has 0 fully saturated rings. The zero-order valence-corrected chi connectivity index (χ0v) is 11.0. The summed E-state index contributed by atoms with van der Waals surface area (Å²) in [5.41, 5.74) is 2.78. The summed E-state index contributed by atoms with van der Waals surface area (Å²) < 4.78 is 0. The summed E-state index contributed by atoms with van der Waals surface area (Å²) in [6, 6.07) is 13.5. The van der Waals surface area contributed by atoms with E-state index in [1.54, 1.807) is 18.3 Å². The number of benzene rings is 1. The molecule has 2 aromatic heterocycles. The number of carbonyl (C=O) groups is 1. The molecule has 0 aliphatic heterocycles. The highest BCUT2D eigenvalue weighted by Gasteiger charge is 2.06. The highest BCUT2D eigenvalue weighted by atomic mass is 16.1. The SMILES string of the molecule is O=C(NCCc1c[nH]c2ccccc12)c1ccccn1. The molecule has 3 aromatic rings. The number of amides is 1. The third-order valence-electron chi connectivity index (χ3n) is 3.25. The van der Waals surface area contributed by atoms with Gasteiger partial charge in [0.05, 0.1) is 0 Å². The molecule has 0 aliphatic carbocycles. The molecule has 0 radical (unpaired) electrons. The van der Waals surface area contributed by atoms with Gasteiger partial charge in [-0.3, -0.25) is 9.78 Å². The molecule has 1 aromatic carbocycles. The average Bonchev–Trinajstić information content (AvgIpc) is 2.92. The lowest BCUT2D eigenvalue weighted by molar-refractivity contribution is 0.0949. The summed E-state index contributed by atoms with van der Waals surface area (Å²) in [5.74, 6) is -0.134. The number of fused-ring (bicyclic) bond motifs is 1. The van der Waals surface area contributed by atoms with Gasteiger partial charge in [-0.15, -0.1) is 0 Å². The van der Waals surface area contributed by atoms with Crippen molar-refractivity contribution in [2.45, 2.75) is 6.42 Å². The van der Waals surface area contributed by atoms with Crippen LogP contribution in [0.5, 0.6) is 0 Å². The van der Waals surface area contributed by atoms with Gasteiger partial charge in [-0.05, 0) is 30.2 Å². The van der Waals surface area contributed by atoms with Crippen molar-refractivity contribution in [3.63, 3.8) is 0 Å². The van der Waals surface area contributed by atoms with Gasteiger partial charge in [-0.1, -0.05) is 24.3 Å². The molecule has 20 heavy (non-hydrogen) atoms. The highest BCUT2D eigenvalue weighted by molar-refractivity contribution is 5.92. The second-order valence-electron chi connectivity index (χ2n) is 4.58. The number of carbonyl (C=O) groups excluding carboxylic acids is 1. The minimum Gasteiger partial charge on any atom is -0.361 e. The Labute approximate surface area is 116 Å². The fourth-order valence-corrected chi connectivity index (χ4v) is 2.24. The first-order valence-corrected chi connectivity index (χ1v) is 6.59. The predicted molar refractivity (Wildman–Crippen MR) is 78.6 cm³/mol. The second-order valence-corrected chi connectivity index (χ2v) is 4.58. The Morgan fingerprint density at radius 3 is 2.85 bits per heavy atom. The van der Waals surface area contributed by atoms with Gasteiger partial charge in [0, 0.05) is 29.8 Å². The van der Waals surface area contributed by atoms with Crippen LogP contribution in [0.4, 0.5) is 0 Å². The monoisotopic (exact) mass is 265 g/mol. The number of rotatable bonds is 4. The molecule has 0 bridgehead atoms. The van der Waals surface area contributed by atoms with Crippen molar-refractivity contribution in [2.24, 2.45) is 0 Å². The third-order valence-corrected chi connectivity index (χ3v) is 3.25. The first-order valence-electron chi connectivity index (χ1n) is 6.59. The van der Waals surface area contributed by atoms with E-state index in [0.717, 1.165) is 11.9 Å². The van der Waals surface area contributed by atoms with Gasteiger partial charge in [0.25, 0.3) is 5.91 Å². The van der Waals surface area contributed by atoms with E-state index in [-0.39, 0.29) is 5.91 Å². The number of para-hydroxylation sites is 1. The Hall–Kier alpha value is -2.62. The van der Waals surface area contributed by atoms with Crippen molar-refractivity contribution < 1.29 is 4.79 Å². The summed E-state index contributed by atoms with van der Waals surface area (Å²) >= 11 is 0. The summed E-state index contributed by atoms with van der Waals surface area (Å²) in [4.78, 5) is 19.1. The van der Waals surface area contributed by atoms with E-state index in [1.807, 2.05) is 30.5 Å². The molecule has 2 heterocycles. The Morgan fingerprint density at radius 2 is 2.00 bits per heavy atom. The first-order chi connectivity index (χ1) is 9.84. The van der Waals surface area contributed by atoms with Crippen molar-refractivity contribution in [3.05, 3.63) is 66.1 Å². The number of H-pyrrole nitrogens is 1. The number of aromatic nitrogens is 2. The van der Waals surface area contributed by atoms with Crippen LogP contribution >= 0.6 is 0 Å². The minimum absolute atomic E-state index is 0.134. The van der Waals surface area contributed by atoms with Gasteiger partial charge < -0.3 is 10.3 Å². The third kappa shape index (κ3) is 2.54. The van der Waals surface area contributed by atoms with Gasteiger partial charge in [0.1, 0.15) is 5.69 Å². The van der Waals surface area contributed by atoms with Crippen LogP contribution in [0.2, 0.25) is 0 Å². The van der Waals surface area contributed by atoms with Crippen LogP contribution in [-0.4, -0.2) is 22.4 Å². The van der Waals surface area contributed by atoms with Crippen LogP contribution in [0, 0.1) is 0 Å². The van der Waals surface area contributed by atoms with E-state index < -0.39 is 0 Å². The Kier molecular flexibility index (Phi) is 3.46.